The summed E-state index contributed by atoms with van der Waals surface area (Å²) in [6, 6.07) is 3.40. The molecule has 0 amide bonds. The summed E-state index contributed by atoms with van der Waals surface area (Å²) in [5.41, 5.74) is 0.580. The van der Waals surface area contributed by atoms with Gasteiger partial charge in [0.25, 0.3) is 0 Å². The average Bonchev–Trinajstić information content (AvgIpc) is 2.04. The van der Waals surface area contributed by atoms with Crippen molar-refractivity contribution in [2.24, 2.45) is 4.99 Å². The van der Waals surface area contributed by atoms with Gasteiger partial charge in [-0.2, -0.15) is 0 Å². The summed E-state index contributed by atoms with van der Waals surface area (Å²) in [7, 11) is -3.97. The van der Waals surface area contributed by atoms with Crippen LogP contribution in [0.25, 0.3) is 0 Å². The molecule has 2 N–H and O–H groups in total. The lowest BCUT2D eigenvalue weighted by Crippen LogP contribution is -1.87. The molecular weight excluding hydrogens is 191 g/mol. The normalized spacial score (nSPS) is 12.2. The SMILES string of the molecule is O=P(O)(O)CC=Nc1cccnc1. The van der Waals surface area contributed by atoms with E-state index in [1.807, 2.05) is 0 Å². The van der Waals surface area contributed by atoms with E-state index in [0.717, 1.165) is 0 Å². The predicted octanol–water partition coefficient (Wildman–Crippen LogP) is 0.962. The van der Waals surface area contributed by atoms with Gasteiger partial charge in [-0.05, 0) is 12.1 Å². The quantitative estimate of drug-likeness (QED) is 0.562. The van der Waals surface area contributed by atoms with E-state index in [-0.39, 0.29) is 6.16 Å². The third-order valence-corrected chi connectivity index (χ3v) is 1.84. The van der Waals surface area contributed by atoms with Gasteiger partial charge in [0.2, 0.25) is 0 Å². The molecular formula is C7H9N2O3P. The fourth-order valence-corrected chi connectivity index (χ4v) is 0.977. The first-order valence-corrected chi connectivity index (χ1v) is 5.35. The van der Waals surface area contributed by atoms with Gasteiger partial charge in [-0.25, -0.2) is 0 Å². The van der Waals surface area contributed by atoms with Crippen molar-refractivity contribution in [3.05, 3.63) is 24.5 Å². The van der Waals surface area contributed by atoms with Gasteiger partial charge >= 0.3 is 7.60 Å². The first-order valence-electron chi connectivity index (χ1n) is 3.55. The van der Waals surface area contributed by atoms with Crippen LogP contribution in [0.5, 0.6) is 0 Å². The molecule has 0 spiro atoms. The fraction of sp³-hybridized carbons (Fsp3) is 0.143. The van der Waals surface area contributed by atoms with E-state index in [9.17, 15) is 4.57 Å². The maximum atomic E-state index is 10.4. The minimum atomic E-state index is -3.97. The zero-order valence-corrected chi connectivity index (χ0v) is 7.63. The second-order valence-corrected chi connectivity index (χ2v) is 4.06. The Hall–Kier alpha value is -1.03. The smallest absolute Gasteiger partial charge is 0.324 e. The van der Waals surface area contributed by atoms with E-state index in [0.29, 0.717) is 5.69 Å². The second kappa shape index (κ2) is 4.28. The highest BCUT2D eigenvalue weighted by atomic mass is 31.2. The molecule has 1 aromatic rings. The Kier molecular flexibility index (Phi) is 3.31. The largest absolute Gasteiger partial charge is 0.330 e. The zero-order valence-electron chi connectivity index (χ0n) is 6.74. The summed E-state index contributed by atoms with van der Waals surface area (Å²) in [5, 5.41) is 0. The number of hydrogen-bond donors (Lipinski definition) is 2. The van der Waals surface area contributed by atoms with Crippen LogP contribution in [0.2, 0.25) is 0 Å². The van der Waals surface area contributed by atoms with E-state index >= 15 is 0 Å². The molecule has 0 bridgehead atoms. The summed E-state index contributed by atoms with van der Waals surface area (Å²) in [5.74, 6) is 0. The Morgan fingerprint density at radius 2 is 2.38 bits per heavy atom. The lowest BCUT2D eigenvalue weighted by molar-refractivity contribution is 0.378. The van der Waals surface area contributed by atoms with E-state index in [4.69, 9.17) is 9.79 Å². The third kappa shape index (κ3) is 4.52. The van der Waals surface area contributed by atoms with Gasteiger partial charge < -0.3 is 9.79 Å². The molecule has 1 aromatic heterocycles. The van der Waals surface area contributed by atoms with Crippen LogP contribution in [0.1, 0.15) is 0 Å². The van der Waals surface area contributed by atoms with Gasteiger partial charge in [0.1, 0.15) is 0 Å². The topological polar surface area (TPSA) is 82.8 Å². The van der Waals surface area contributed by atoms with Crippen LogP contribution in [0.15, 0.2) is 29.5 Å². The molecule has 0 saturated heterocycles. The maximum absolute atomic E-state index is 10.4. The van der Waals surface area contributed by atoms with Crippen molar-refractivity contribution in [2.45, 2.75) is 0 Å². The second-order valence-electron chi connectivity index (χ2n) is 2.37. The summed E-state index contributed by atoms with van der Waals surface area (Å²) in [6.45, 7) is 0. The van der Waals surface area contributed by atoms with Crippen molar-refractivity contribution in [1.29, 1.82) is 0 Å². The number of pyridine rings is 1. The number of aliphatic imine (C=N–C) groups is 1. The van der Waals surface area contributed by atoms with Crippen LogP contribution in [0.4, 0.5) is 5.69 Å². The van der Waals surface area contributed by atoms with Crippen LogP contribution in [-0.2, 0) is 4.57 Å². The molecule has 0 radical (unpaired) electrons. The Morgan fingerprint density at radius 3 is 2.92 bits per heavy atom. The molecule has 13 heavy (non-hydrogen) atoms. The highest BCUT2D eigenvalue weighted by molar-refractivity contribution is 7.52. The van der Waals surface area contributed by atoms with Crippen molar-refractivity contribution >= 4 is 19.5 Å². The Bertz CT molecular complexity index is 333. The molecule has 0 aliphatic heterocycles. The summed E-state index contributed by atoms with van der Waals surface area (Å²) >= 11 is 0. The van der Waals surface area contributed by atoms with Gasteiger partial charge in [-0.3, -0.25) is 14.5 Å². The van der Waals surface area contributed by atoms with Crippen LogP contribution < -0.4 is 0 Å². The number of nitrogens with zero attached hydrogens (tertiary/aromatic N) is 2. The lowest BCUT2D eigenvalue weighted by atomic mass is 10.4. The van der Waals surface area contributed by atoms with Gasteiger partial charge in [0, 0.05) is 12.4 Å². The van der Waals surface area contributed by atoms with E-state index in [2.05, 4.69) is 9.98 Å². The van der Waals surface area contributed by atoms with Crippen molar-refractivity contribution in [1.82, 2.24) is 4.98 Å². The van der Waals surface area contributed by atoms with Crippen LogP contribution in [0, 0.1) is 0 Å². The maximum Gasteiger partial charge on any atom is 0.330 e. The van der Waals surface area contributed by atoms with Crippen LogP contribution in [-0.4, -0.2) is 27.1 Å². The van der Waals surface area contributed by atoms with Crippen LogP contribution >= 0.6 is 7.60 Å². The van der Waals surface area contributed by atoms with Gasteiger partial charge in [0.15, 0.2) is 0 Å². The van der Waals surface area contributed by atoms with Crippen molar-refractivity contribution in [3.8, 4) is 0 Å². The van der Waals surface area contributed by atoms with Crippen LogP contribution in [0.3, 0.4) is 0 Å². The molecule has 6 heteroatoms. The molecule has 70 valence electrons. The van der Waals surface area contributed by atoms with Gasteiger partial charge in [-0.1, -0.05) is 0 Å². The van der Waals surface area contributed by atoms with E-state index in [1.165, 1.54) is 12.4 Å². The van der Waals surface area contributed by atoms with Gasteiger partial charge in [0.05, 0.1) is 18.0 Å². The first kappa shape index (κ1) is 10.1. The molecule has 1 heterocycles. The van der Waals surface area contributed by atoms with Crippen molar-refractivity contribution < 1.29 is 14.4 Å². The number of hydrogen-bond acceptors (Lipinski definition) is 3. The number of aromatic nitrogens is 1. The molecule has 5 nitrogen and oxygen atoms in total. The molecule has 0 atom stereocenters. The molecule has 0 aliphatic carbocycles. The standard InChI is InChI=1S/C7H9N2O3P/c10-13(11,12)5-4-9-7-2-1-3-8-6-7/h1-4,6H,5H2,(H2,10,11,12). The third-order valence-electron chi connectivity index (χ3n) is 1.21. The Morgan fingerprint density at radius 1 is 1.62 bits per heavy atom. The fourth-order valence-electron chi connectivity index (χ4n) is 0.683. The van der Waals surface area contributed by atoms with E-state index < -0.39 is 7.60 Å². The molecule has 0 fully saturated rings. The summed E-state index contributed by atoms with van der Waals surface area (Å²) < 4.78 is 10.4. The zero-order chi connectivity index (χ0) is 9.73. The molecule has 0 aliphatic rings. The first-order chi connectivity index (χ1) is 6.08. The van der Waals surface area contributed by atoms with E-state index in [1.54, 1.807) is 18.3 Å². The highest BCUT2D eigenvalue weighted by Gasteiger charge is 2.08. The lowest BCUT2D eigenvalue weighted by Gasteiger charge is -1.96. The Balaban J connectivity index is 2.56. The monoisotopic (exact) mass is 200 g/mol. The summed E-state index contributed by atoms with van der Waals surface area (Å²) in [6.07, 6.45) is 3.96. The van der Waals surface area contributed by atoms with Crippen molar-refractivity contribution in [3.63, 3.8) is 0 Å². The summed E-state index contributed by atoms with van der Waals surface area (Å²) in [4.78, 5) is 24.6. The van der Waals surface area contributed by atoms with Gasteiger partial charge in [-0.15, -0.1) is 0 Å². The minimum absolute atomic E-state index is 0.345. The Labute approximate surface area is 75.3 Å². The predicted molar refractivity (Wildman–Crippen MR) is 49.3 cm³/mol. The minimum Gasteiger partial charge on any atom is -0.324 e. The molecule has 0 saturated carbocycles. The number of rotatable bonds is 3. The highest BCUT2D eigenvalue weighted by Crippen LogP contribution is 2.32. The molecule has 1 rings (SSSR count). The molecule has 0 aromatic carbocycles. The molecule has 0 unspecified atom stereocenters. The average molecular weight is 200 g/mol. The van der Waals surface area contributed by atoms with Crippen molar-refractivity contribution in [2.75, 3.05) is 6.16 Å².